The Kier molecular flexibility index (Phi) is 3.44. The number of benzene rings is 2. The summed E-state index contributed by atoms with van der Waals surface area (Å²) in [4.78, 5) is 6.25. The summed E-state index contributed by atoms with van der Waals surface area (Å²) in [5.74, 6) is 0.193. The number of rotatable bonds is 2. The molecular formula is C15H13BrFN3. The predicted molar refractivity (Wildman–Crippen MR) is 82.3 cm³/mol. The minimum absolute atomic E-state index is 0.0241. The Morgan fingerprint density at radius 3 is 2.55 bits per heavy atom. The monoisotopic (exact) mass is 333 g/mol. The normalized spacial score (nSPS) is 18.2. The topological polar surface area (TPSA) is 41.6 Å². The second kappa shape index (κ2) is 5.25. The van der Waals surface area contributed by atoms with E-state index in [4.69, 9.17) is 5.73 Å². The molecule has 2 aromatic carbocycles. The summed E-state index contributed by atoms with van der Waals surface area (Å²) in [5, 5.41) is 0. The quantitative estimate of drug-likeness (QED) is 0.914. The standard InChI is InChI=1S/C15H13BrFN3/c16-13-4-2-1-3-12(13)14-9-19-15(18)20(14)11-7-5-10(17)6-8-11/h1-8,14H,9H2,(H2,18,19). The largest absolute Gasteiger partial charge is 0.369 e. The molecule has 1 atom stereocenters. The molecule has 0 aliphatic carbocycles. The van der Waals surface area contributed by atoms with Gasteiger partial charge in [0.1, 0.15) is 5.82 Å². The van der Waals surface area contributed by atoms with E-state index in [9.17, 15) is 4.39 Å². The molecule has 2 aromatic rings. The molecule has 0 amide bonds. The van der Waals surface area contributed by atoms with Gasteiger partial charge < -0.3 is 10.6 Å². The van der Waals surface area contributed by atoms with Gasteiger partial charge in [-0.25, -0.2) is 4.39 Å². The Hall–Kier alpha value is -1.88. The first-order valence-corrected chi connectivity index (χ1v) is 7.05. The van der Waals surface area contributed by atoms with E-state index in [0.717, 1.165) is 15.7 Å². The van der Waals surface area contributed by atoms with Crippen LogP contribution in [0.25, 0.3) is 0 Å². The van der Waals surface area contributed by atoms with Crippen molar-refractivity contribution >= 4 is 27.6 Å². The highest BCUT2D eigenvalue weighted by atomic mass is 79.9. The molecule has 3 nitrogen and oxygen atoms in total. The van der Waals surface area contributed by atoms with Crippen molar-refractivity contribution in [1.29, 1.82) is 0 Å². The predicted octanol–water partition coefficient (Wildman–Crippen LogP) is 3.46. The van der Waals surface area contributed by atoms with Crippen molar-refractivity contribution in [3.05, 3.63) is 64.4 Å². The fourth-order valence-electron chi connectivity index (χ4n) is 2.39. The summed E-state index contributed by atoms with van der Waals surface area (Å²) in [6.45, 7) is 0.589. The maximum atomic E-state index is 13.1. The molecule has 5 heteroatoms. The van der Waals surface area contributed by atoms with E-state index in [1.54, 1.807) is 12.1 Å². The SMILES string of the molecule is NC1=NCC(c2ccccc2Br)N1c1ccc(F)cc1. The second-order valence-electron chi connectivity index (χ2n) is 4.58. The zero-order chi connectivity index (χ0) is 14.1. The van der Waals surface area contributed by atoms with E-state index >= 15 is 0 Å². The number of anilines is 1. The van der Waals surface area contributed by atoms with Crippen LogP contribution >= 0.6 is 15.9 Å². The zero-order valence-corrected chi connectivity index (χ0v) is 12.2. The first-order chi connectivity index (χ1) is 9.66. The molecular weight excluding hydrogens is 321 g/mol. The lowest BCUT2D eigenvalue weighted by molar-refractivity contribution is 0.627. The molecule has 1 heterocycles. The van der Waals surface area contributed by atoms with Gasteiger partial charge in [0.05, 0.1) is 12.6 Å². The fourth-order valence-corrected chi connectivity index (χ4v) is 2.94. The van der Waals surface area contributed by atoms with Crippen LogP contribution < -0.4 is 10.6 Å². The molecule has 20 heavy (non-hydrogen) atoms. The fraction of sp³-hybridized carbons (Fsp3) is 0.133. The smallest absolute Gasteiger partial charge is 0.196 e. The van der Waals surface area contributed by atoms with Gasteiger partial charge >= 0.3 is 0 Å². The van der Waals surface area contributed by atoms with Gasteiger partial charge in [-0.3, -0.25) is 4.99 Å². The van der Waals surface area contributed by atoms with Gasteiger partial charge in [-0.2, -0.15) is 0 Å². The molecule has 0 saturated carbocycles. The Balaban J connectivity index is 2.01. The number of aliphatic imine (C=N–C) groups is 1. The van der Waals surface area contributed by atoms with Crippen LogP contribution in [-0.4, -0.2) is 12.5 Å². The molecule has 102 valence electrons. The Morgan fingerprint density at radius 1 is 1.15 bits per heavy atom. The first kappa shape index (κ1) is 13.1. The Labute approximate surface area is 125 Å². The van der Waals surface area contributed by atoms with Crippen LogP contribution in [0.1, 0.15) is 11.6 Å². The van der Waals surface area contributed by atoms with Crippen LogP contribution in [0.15, 0.2) is 58.0 Å². The summed E-state index contributed by atoms with van der Waals surface area (Å²) in [7, 11) is 0. The van der Waals surface area contributed by atoms with Crippen molar-refractivity contribution in [3.8, 4) is 0 Å². The zero-order valence-electron chi connectivity index (χ0n) is 10.6. The molecule has 3 rings (SSSR count). The summed E-state index contributed by atoms with van der Waals surface area (Å²) in [6, 6.07) is 14.3. The number of hydrogen-bond acceptors (Lipinski definition) is 3. The van der Waals surface area contributed by atoms with Crippen molar-refractivity contribution in [2.45, 2.75) is 6.04 Å². The Bertz CT molecular complexity index is 654. The van der Waals surface area contributed by atoms with E-state index < -0.39 is 0 Å². The highest BCUT2D eigenvalue weighted by molar-refractivity contribution is 9.10. The lowest BCUT2D eigenvalue weighted by Gasteiger charge is -2.27. The van der Waals surface area contributed by atoms with Gasteiger partial charge in [0.15, 0.2) is 5.96 Å². The van der Waals surface area contributed by atoms with Gasteiger partial charge in [-0.1, -0.05) is 34.1 Å². The van der Waals surface area contributed by atoms with Crippen molar-refractivity contribution in [1.82, 2.24) is 0 Å². The van der Waals surface area contributed by atoms with Crippen LogP contribution in [0.5, 0.6) is 0 Å². The van der Waals surface area contributed by atoms with Crippen molar-refractivity contribution in [2.24, 2.45) is 10.7 Å². The van der Waals surface area contributed by atoms with E-state index in [1.165, 1.54) is 12.1 Å². The van der Waals surface area contributed by atoms with Crippen LogP contribution in [0, 0.1) is 5.82 Å². The minimum atomic E-state index is -0.263. The van der Waals surface area contributed by atoms with Crippen molar-refractivity contribution in [2.75, 3.05) is 11.4 Å². The molecule has 0 saturated heterocycles. The summed E-state index contributed by atoms with van der Waals surface area (Å²) < 4.78 is 14.1. The lowest BCUT2D eigenvalue weighted by atomic mass is 10.1. The second-order valence-corrected chi connectivity index (χ2v) is 5.44. The van der Waals surface area contributed by atoms with Crippen molar-refractivity contribution < 1.29 is 4.39 Å². The molecule has 1 aliphatic rings. The molecule has 0 spiro atoms. The maximum Gasteiger partial charge on any atom is 0.196 e. The molecule has 0 bridgehead atoms. The molecule has 0 aromatic heterocycles. The third-order valence-electron chi connectivity index (χ3n) is 3.35. The highest BCUT2D eigenvalue weighted by Gasteiger charge is 2.29. The average Bonchev–Trinajstić information content (AvgIpc) is 2.82. The summed E-state index contributed by atoms with van der Waals surface area (Å²) >= 11 is 3.56. The average molecular weight is 334 g/mol. The van der Waals surface area contributed by atoms with Crippen LogP contribution in [-0.2, 0) is 0 Å². The van der Waals surface area contributed by atoms with Gasteiger partial charge in [0.25, 0.3) is 0 Å². The van der Waals surface area contributed by atoms with Crippen molar-refractivity contribution in [3.63, 3.8) is 0 Å². The third-order valence-corrected chi connectivity index (χ3v) is 4.08. The molecule has 1 aliphatic heterocycles. The van der Waals surface area contributed by atoms with E-state index in [0.29, 0.717) is 12.5 Å². The van der Waals surface area contributed by atoms with E-state index in [2.05, 4.69) is 20.9 Å². The highest BCUT2D eigenvalue weighted by Crippen LogP contribution is 2.34. The maximum absolute atomic E-state index is 13.1. The number of nitrogens with two attached hydrogens (primary N) is 1. The summed E-state index contributed by atoms with van der Waals surface area (Å²) in [5.41, 5.74) is 7.94. The van der Waals surface area contributed by atoms with E-state index in [1.807, 2.05) is 29.2 Å². The van der Waals surface area contributed by atoms with Gasteiger partial charge in [0.2, 0.25) is 0 Å². The van der Waals surface area contributed by atoms with Gasteiger partial charge in [-0.15, -0.1) is 0 Å². The number of guanidine groups is 1. The van der Waals surface area contributed by atoms with Crippen LogP contribution in [0.4, 0.5) is 10.1 Å². The molecule has 0 radical (unpaired) electrons. The number of nitrogens with zero attached hydrogens (tertiary/aromatic N) is 2. The van der Waals surface area contributed by atoms with E-state index in [-0.39, 0.29) is 11.9 Å². The molecule has 2 N–H and O–H groups in total. The summed E-state index contributed by atoms with van der Waals surface area (Å²) in [6.07, 6.45) is 0. The minimum Gasteiger partial charge on any atom is -0.369 e. The first-order valence-electron chi connectivity index (χ1n) is 6.26. The van der Waals surface area contributed by atoms with Crippen LogP contribution in [0.2, 0.25) is 0 Å². The van der Waals surface area contributed by atoms with Crippen LogP contribution in [0.3, 0.4) is 0 Å². The third kappa shape index (κ3) is 2.29. The Morgan fingerprint density at radius 2 is 1.85 bits per heavy atom. The molecule has 0 fully saturated rings. The number of halogens is 2. The molecule has 1 unspecified atom stereocenters. The van der Waals surface area contributed by atoms with Gasteiger partial charge in [-0.05, 0) is 35.9 Å². The number of hydrogen-bond donors (Lipinski definition) is 1. The lowest BCUT2D eigenvalue weighted by Crippen LogP contribution is -2.36. The van der Waals surface area contributed by atoms with Gasteiger partial charge in [0, 0.05) is 10.2 Å².